The van der Waals surface area contributed by atoms with E-state index in [1.165, 1.54) is 0 Å². The molecule has 5 nitrogen and oxygen atoms in total. The molecule has 0 aromatic carbocycles. The van der Waals surface area contributed by atoms with E-state index >= 15 is 0 Å². The van der Waals surface area contributed by atoms with Gasteiger partial charge in [0, 0.05) is 44.0 Å². The topological polar surface area (TPSA) is 74.4 Å². The third-order valence-electron chi connectivity index (χ3n) is 4.58. The van der Waals surface area contributed by atoms with Crippen molar-refractivity contribution in [3.05, 3.63) is 29.6 Å². The highest BCUT2D eigenvalue weighted by Crippen LogP contribution is 2.38. The highest BCUT2D eigenvalue weighted by atomic mass is 16.5. The fourth-order valence-corrected chi connectivity index (χ4v) is 3.32. The number of ketones is 1. The third kappa shape index (κ3) is 3.15. The van der Waals surface area contributed by atoms with E-state index < -0.39 is 0 Å². The normalized spacial score (nSPS) is 24.9. The summed E-state index contributed by atoms with van der Waals surface area (Å²) in [7, 11) is 0. The van der Waals surface area contributed by atoms with E-state index in [0.29, 0.717) is 13.2 Å². The zero-order chi connectivity index (χ0) is 14.7. The first kappa shape index (κ1) is 14.6. The Balaban J connectivity index is 1.74. The summed E-state index contributed by atoms with van der Waals surface area (Å²) < 4.78 is 11.4. The molecule has 1 atom stereocenters. The molecule has 2 fully saturated rings. The van der Waals surface area contributed by atoms with Gasteiger partial charge in [-0.25, -0.2) is 0 Å². The van der Waals surface area contributed by atoms with Crippen molar-refractivity contribution in [3.63, 3.8) is 0 Å². The Morgan fingerprint density at radius 2 is 2.19 bits per heavy atom. The monoisotopic (exact) mass is 290 g/mol. The lowest BCUT2D eigenvalue weighted by atomic mass is 9.78. The number of nitrogens with zero attached hydrogens (tertiary/aromatic N) is 1. The van der Waals surface area contributed by atoms with E-state index in [1.54, 1.807) is 12.3 Å². The predicted molar refractivity (Wildman–Crippen MR) is 77.9 cm³/mol. The molecule has 5 heteroatoms. The molecule has 0 bridgehead atoms. The molecule has 2 saturated heterocycles. The fraction of sp³-hybridized carbons (Fsp3) is 0.625. The van der Waals surface area contributed by atoms with Gasteiger partial charge in [0.25, 0.3) is 0 Å². The lowest BCUT2D eigenvalue weighted by molar-refractivity contribution is -0.142. The van der Waals surface area contributed by atoms with E-state index in [0.717, 1.165) is 50.2 Å². The van der Waals surface area contributed by atoms with Gasteiger partial charge in [-0.3, -0.25) is 9.78 Å². The average Bonchev–Trinajstić information content (AvgIpc) is 2.55. The van der Waals surface area contributed by atoms with E-state index in [1.807, 2.05) is 6.07 Å². The highest BCUT2D eigenvalue weighted by molar-refractivity contribution is 5.98. The van der Waals surface area contributed by atoms with Gasteiger partial charge in [0.2, 0.25) is 0 Å². The summed E-state index contributed by atoms with van der Waals surface area (Å²) in [6.45, 7) is 2.47. The molecule has 3 heterocycles. The van der Waals surface area contributed by atoms with Crippen molar-refractivity contribution in [3.8, 4) is 0 Å². The third-order valence-corrected chi connectivity index (χ3v) is 4.58. The largest absolute Gasteiger partial charge is 0.381 e. The van der Waals surface area contributed by atoms with Gasteiger partial charge in [0.15, 0.2) is 5.78 Å². The van der Waals surface area contributed by atoms with Crippen LogP contribution in [-0.2, 0) is 16.0 Å². The molecule has 0 amide bonds. The van der Waals surface area contributed by atoms with Crippen LogP contribution in [0.1, 0.15) is 41.7 Å². The van der Waals surface area contributed by atoms with Crippen molar-refractivity contribution in [2.75, 3.05) is 19.8 Å². The quantitative estimate of drug-likeness (QED) is 0.858. The number of ether oxygens (including phenoxy) is 2. The molecule has 114 valence electrons. The number of hydrogen-bond donors (Lipinski definition) is 1. The standard InChI is InChI=1S/C16H22N2O3/c17-11-14-9-12(1-5-18-14)15(19)13-2-6-21-16(10-13)3-7-20-8-4-16/h1,5,9,13H,2-4,6-8,10-11,17H2. The maximum Gasteiger partial charge on any atom is 0.166 e. The van der Waals surface area contributed by atoms with E-state index in [2.05, 4.69) is 4.98 Å². The molecule has 3 rings (SSSR count). The molecule has 2 aliphatic rings. The number of carbonyl (C=O) groups is 1. The highest BCUT2D eigenvalue weighted by Gasteiger charge is 2.41. The summed E-state index contributed by atoms with van der Waals surface area (Å²) in [6, 6.07) is 3.60. The number of pyridine rings is 1. The molecule has 1 aromatic rings. The van der Waals surface area contributed by atoms with E-state index in [9.17, 15) is 4.79 Å². The Morgan fingerprint density at radius 1 is 1.38 bits per heavy atom. The minimum Gasteiger partial charge on any atom is -0.381 e. The second-order valence-electron chi connectivity index (χ2n) is 5.94. The second kappa shape index (κ2) is 6.22. The van der Waals surface area contributed by atoms with Gasteiger partial charge < -0.3 is 15.2 Å². The van der Waals surface area contributed by atoms with Gasteiger partial charge in [0.1, 0.15) is 0 Å². The fourth-order valence-electron chi connectivity index (χ4n) is 3.32. The van der Waals surface area contributed by atoms with Crippen molar-refractivity contribution in [2.45, 2.75) is 37.8 Å². The van der Waals surface area contributed by atoms with Crippen LogP contribution < -0.4 is 5.73 Å². The smallest absolute Gasteiger partial charge is 0.166 e. The summed E-state index contributed by atoms with van der Waals surface area (Å²) in [4.78, 5) is 16.9. The van der Waals surface area contributed by atoms with Crippen LogP contribution in [0.2, 0.25) is 0 Å². The molecule has 1 spiro atoms. The zero-order valence-corrected chi connectivity index (χ0v) is 12.2. The molecular weight excluding hydrogens is 268 g/mol. The number of nitrogens with two attached hydrogens (primary N) is 1. The van der Waals surface area contributed by atoms with Crippen molar-refractivity contribution < 1.29 is 14.3 Å². The summed E-state index contributed by atoms with van der Waals surface area (Å²) in [6.07, 6.45) is 5.04. The van der Waals surface area contributed by atoms with Gasteiger partial charge in [0.05, 0.1) is 11.3 Å². The van der Waals surface area contributed by atoms with E-state index in [-0.39, 0.29) is 17.3 Å². The molecule has 0 aliphatic carbocycles. The Bertz CT molecular complexity index is 506. The van der Waals surface area contributed by atoms with E-state index in [4.69, 9.17) is 15.2 Å². The summed E-state index contributed by atoms with van der Waals surface area (Å²) >= 11 is 0. The van der Waals surface area contributed by atoms with Crippen LogP contribution in [0.4, 0.5) is 0 Å². The van der Waals surface area contributed by atoms with Gasteiger partial charge in [-0.05, 0) is 37.8 Å². The van der Waals surface area contributed by atoms with Gasteiger partial charge in [-0.2, -0.15) is 0 Å². The molecule has 0 saturated carbocycles. The lowest BCUT2D eigenvalue weighted by Crippen LogP contribution is -2.45. The molecular formula is C16H22N2O3. The van der Waals surface area contributed by atoms with Crippen molar-refractivity contribution in [1.29, 1.82) is 0 Å². The number of rotatable bonds is 3. The van der Waals surface area contributed by atoms with Crippen LogP contribution in [0.5, 0.6) is 0 Å². The van der Waals surface area contributed by atoms with Crippen molar-refractivity contribution >= 4 is 5.78 Å². The molecule has 2 N–H and O–H groups in total. The molecule has 21 heavy (non-hydrogen) atoms. The first-order valence-electron chi connectivity index (χ1n) is 7.63. The summed E-state index contributed by atoms with van der Waals surface area (Å²) in [5.41, 5.74) is 6.93. The Morgan fingerprint density at radius 3 is 2.95 bits per heavy atom. The molecule has 1 unspecified atom stereocenters. The minimum atomic E-state index is -0.152. The van der Waals surface area contributed by atoms with Crippen LogP contribution in [0, 0.1) is 5.92 Å². The maximum absolute atomic E-state index is 12.7. The van der Waals surface area contributed by atoms with Crippen LogP contribution in [0.15, 0.2) is 18.3 Å². The number of aromatic nitrogens is 1. The number of carbonyl (C=O) groups excluding carboxylic acids is 1. The summed E-state index contributed by atoms with van der Waals surface area (Å²) in [5.74, 6) is 0.228. The lowest BCUT2D eigenvalue weighted by Gasteiger charge is -2.42. The van der Waals surface area contributed by atoms with Crippen LogP contribution in [0.25, 0.3) is 0 Å². The van der Waals surface area contributed by atoms with Gasteiger partial charge >= 0.3 is 0 Å². The number of hydrogen-bond acceptors (Lipinski definition) is 5. The van der Waals surface area contributed by atoms with Crippen molar-refractivity contribution in [1.82, 2.24) is 4.98 Å². The van der Waals surface area contributed by atoms with Crippen molar-refractivity contribution in [2.24, 2.45) is 11.7 Å². The minimum absolute atomic E-state index is 0.0323. The van der Waals surface area contributed by atoms with Crippen LogP contribution in [0.3, 0.4) is 0 Å². The van der Waals surface area contributed by atoms with Gasteiger partial charge in [-0.15, -0.1) is 0 Å². The Kier molecular flexibility index (Phi) is 4.33. The Labute approximate surface area is 124 Å². The van der Waals surface area contributed by atoms with Crippen LogP contribution in [-0.4, -0.2) is 36.2 Å². The second-order valence-corrected chi connectivity index (χ2v) is 5.94. The van der Waals surface area contributed by atoms with Gasteiger partial charge in [-0.1, -0.05) is 0 Å². The number of Topliss-reactive ketones (excluding diaryl/α,β-unsaturated/α-hetero) is 1. The first-order chi connectivity index (χ1) is 10.2. The molecule has 1 aromatic heterocycles. The van der Waals surface area contributed by atoms with Crippen LogP contribution >= 0.6 is 0 Å². The molecule has 2 aliphatic heterocycles. The maximum atomic E-state index is 12.7. The zero-order valence-electron chi connectivity index (χ0n) is 12.2. The SMILES string of the molecule is NCc1cc(C(=O)C2CCOC3(CCOCC3)C2)ccn1. The average molecular weight is 290 g/mol. The Hall–Kier alpha value is -1.30. The first-order valence-corrected chi connectivity index (χ1v) is 7.63. The predicted octanol–water partition coefficient (Wildman–Crippen LogP) is 1.70. The summed E-state index contributed by atoms with van der Waals surface area (Å²) in [5, 5.41) is 0. The molecule has 0 radical (unpaired) electrons.